The minimum Gasteiger partial charge on any atom is -0.497 e. The molecule has 7 heteroatoms. The van der Waals surface area contributed by atoms with Gasteiger partial charge in [-0.2, -0.15) is 0 Å². The second kappa shape index (κ2) is 6.48. The standard InChI is InChI=1S/C15H15NO5S/c1-20-13-5-3-4-12(10-13)16-22(18,19)14-8-6-11(7-9-14)15(17)21-2/h3-10,16H,1-2H3. The average molecular weight is 321 g/mol. The highest BCUT2D eigenvalue weighted by Crippen LogP contribution is 2.21. The largest absolute Gasteiger partial charge is 0.497 e. The quantitative estimate of drug-likeness (QED) is 0.854. The fraction of sp³-hybridized carbons (Fsp3) is 0.133. The van der Waals surface area contributed by atoms with Crippen LogP contribution >= 0.6 is 0 Å². The number of benzene rings is 2. The lowest BCUT2D eigenvalue weighted by Gasteiger charge is -2.09. The van der Waals surface area contributed by atoms with Crippen molar-refractivity contribution in [2.45, 2.75) is 4.90 Å². The Hall–Kier alpha value is -2.54. The van der Waals surface area contributed by atoms with E-state index in [1.165, 1.54) is 38.5 Å². The number of nitrogens with one attached hydrogen (secondary N) is 1. The molecule has 0 radical (unpaired) electrons. The molecule has 116 valence electrons. The Balaban J connectivity index is 2.24. The van der Waals surface area contributed by atoms with Crippen LogP contribution in [0.25, 0.3) is 0 Å². The molecule has 0 unspecified atom stereocenters. The number of ether oxygens (including phenoxy) is 2. The minimum atomic E-state index is -3.75. The van der Waals surface area contributed by atoms with E-state index in [0.717, 1.165) is 0 Å². The number of anilines is 1. The molecule has 2 aromatic rings. The third-order valence-electron chi connectivity index (χ3n) is 2.91. The van der Waals surface area contributed by atoms with Gasteiger partial charge in [0.1, 0.15) is 5.75 Å². The molecule has 0 bridgehead atoms. The Bertz CT molecular complexity index is 769. The first kappa shape index (κ1) is 15.8. The van der Waals surface area contributed by atoms with Crippen LogP contribution in [0.15, 0.2) is 53.4 Å². The molecule has 1 N–H and O–H groups in total. The molecular weight excluding hydrogens is 306 g/mol. The summed E-state index contributed by atoms with van der Waals surface area (Å²) >= 11 is 0. The molecule has 2 aromatic carbocycles. The van der Waals surface area contributed by atoms with E-state index in [1.54, 1.807) is 24.3 Å². The maximum atomic E-state index is 12.3. The van der Waals surface area contributed by atoms with E-state index in [1.807, 2.05) is 0 Å². The molecule has 0 fully saturated rings. The van der Waals surface area contributed by atoms with Crippen LogP contribution in [0.3, 0.4) is 0 Å². The monoisotopic (exact) mass is 321 g/mol. The van der Waals surface area contributed by atoms with Crippen molar-refractivity contribution in [2.75, 3.05) is 18.9 Å². The van der Waals surface area contributed by atoms with Crippen molar-refractivity contribution in [1.82, 2.24) is 0 Å². The van der Waals surface area contributed by atoms with Gasteiger partial charge in [-0.3, -0.25) is 4.72 Å². The van der Waals surface area contributed by atoms with Crippen LogP contribution in [-0.2, 0) is 14.8 Å². The van der Waals surface area contributed by atoms with E-state index < -0.39 is 16.0 Å². The predicted molar refractivity (Wildman–Crippen MR) is 81.6 cm³/mol. The molecule has 6 nitrogen and oxygen atoms in total. The summed E-state index contributed by atoms with van der Waals surface area (Å²) in [5.41, 5.74) is 0.666. The fourth-order valence-corrected chi connectivity index (χ4v) is 2.84. The number of rotatable bonds is 5. The second-order valence-electron chi connectivity index (χ2n) is 4.35. The van der Waals surface area contributed by atoms with E-state index in [4.69, 9.17) is 4.74 Å². The molecule has 0 aliphatic rings. The summed E-state index contributed by atoms with van der Waals surface area (Å²) in [6.07, 6.45) is 0. The van der Waals surface area contributed by atoms with E-state index in [0.29, 0.717) is 11.4 Å². The van der Waals surface area contributed by atoms with Crippen molar-refractivity contribution in [3.63, 3.8) is 0 Å². The zero-order valence-electron chi connectivity index (χ0n) is 12.1. The van der Waals surface area contributed by atoms with Gasteiger partial charge in [0.2, 0.25) is 0 Å². The number of sulfonamides is 1. The lowest BCUT2D eigenvalue weighted by Crippen LogP contribution is -2.13. The Morgan fingerprint density at radius 2 is 1.73 bits per heavy atom. The normalized spacial score (nSPS) is 10.8. The van der Waals surface area contributed by atoms with Crippen molar-refractivity contribution in [3.05, 3.63) is 54.1 Å². The zero-order chi connectivity index (χ0) is 16.2. The molecule has 22 heavy (non-hydrogen) atoms. The second-order valence-corrected chi connectivity index (χ2v) is 6.04. The van der Waals surface area contributed by atoms with Gasteiger partial charge >= 0.3 is 5.97 Å². The van der Waals surface area contributed by atoms with E-state index in [9.17, 15) is 13.2 Å². The van der Waals surface area contributed by atoms with Crippen LogP contribution in [0, 0.1) is 0 Å². The molecule has 0 saturated heterocycles. The Kier molecular flexibility index (Phi) is 4.67. The first-order chi connectivity index (χ1) is 10.5. The van der Waals surface area contributed by atoms with Crippen molar-refractivity contribution >= 4 is 21.7 Å². The number of hydrogen-bond acceptors (Lipinski definition) is 5. The van der Waals surface area contributed by atoms with E-state index >= 15 is 0 Å². The van der Waals surface area contributed by atoms with Gasteiger partial charge in [-0.15, -0.1) is 0 Å². The number of hydrogen-bond donors (Lipinski definition) is 1. The predicted octanol–water partition coefficient (Wildman–Crippen LogP) is 2.28. The van der Waals surface area contributed by atoms with Crippen molar-refractivity contribution in [1.29, 1.82) is 0 Å². The van der Waals surface area contributed by atoms with Crippen LogP contribution in [-0.4, -0.2) is 28.6 Å². The first-order valence-electron chi connectivity index (χ1n) is 6.31. The maximum absolute atomic E-state index is 12.3. The average Bonchev–Trinajstić information content (AvgIpc) is 2.54. The number of carbonyl (C=O) groups is 1. The summed E-state index contributed by atoms with van der Waals surface area (Å²) < 4.78 is 36.6. The summed E-state index contributed by atoms with van der Waals surface area (Å²) in [5, 5.41) is 0. The molecule has 0 aliphatic carbocycles. The molecule has 0 amide bonds. The molecule has 0 spiro atoms. The number of carbonyl (C=O) groups excluding carboxylic acids is 1. The van der Waals surface area contributed by atoms with Crippen LogP contribution in [0.4, 0.5) is 5.69 Å². The zero-order valence-corrected chi connectivity index (χ0v) is 12.9. The van der Waals surface area contributed by atoms with Crippen molar-refractivity contribution < 1.29 is 22.7 Å². The SMILES string of the molecule is COC(=O)c1ccc(S(=O)(=O)Nc2cccc(OC)c2)cc1. The summed E-state index contributed by atoms with van der Waals surface area (Å²) in [4.78, 5) is 11.4. The van der Waals surface area contributed by atoms with Crippen molar-refractivity contribution in [2.24, 2.45) is 0 Å². The Morgan fingerprint density at radius 1 is 1.05 bits per heavy atom. The van der Waals surface area contributed by atoms with E-state index in [2.05, 4.69) is 9.46 Å². The lowest BCUT2D eigenvalue weighted by molar-refractivity contribution is 0.0600. The molecule has 0 saturated carbocycles. The molecule has 0 aromatic heterocycles. The van der Waals surface area contributed by atoms with Gasteiger partial charge < -0.3 is 9.47 Å². The maximum Gasteiger partial charge on any atom is 0.337 e. The smallest absolute Gasteiger partial charge is 0.337 e. The molecule has 0 atom stereocenters. The number of methoxy groups -OCH3 is 2. The van der Waals surface area contributed by atoms with Crippen LogP contribution in [0.5, 0.6) is 5.75 Å². The molecule has 0 heterocycles. The van der Waals surface area contributed by atoms with Crippen LogP contribution < -0.4 is 9.46 Å². The topological polar surface area (TPSA) is 81.7 Å². The summed E-state index contributed by atoms with van der Waals surface area (Å²) in [5.74, 6) is 0.0194. The number of esters is 1. The first-order valence-corrected chi connectivity index (χ1v) is 7.80. The summed E-state index contributed by atoms with van der Waals surface area (Å²) in [7, 11) is -0.985. The van der Waals surface area contributed by atoms with Gasteiger partial charge in [0.15, 0.2) is 0 Å². The highest BCUT2D eigenvalue weighted by atomic mass is 32.2. The molecule has 2 rings (SSSR count). The highest BCUT2D eigenvalue weighted by molar-refractivity contribution is 7.92. The van der Waals surface area contributed by atoms with Crippen molar-refractivity contribution in [3.8, 4) is 5.75 Å². The Labute approximate surface area is 128 Å². The van der Waals surface area contributed by atoms with Gasteiger partial charge in [0.25, 0.3) is 10.0 Å². The molecular formula is C15H15NO5S. The third-order valence-corrected chi connectivity index (χ3v) is 4.30. The fourth-order valence-electron chi connectivity index (χ4n) is 1.79. The van der Waals surface area contributed by atoms with Crippen LogP contribution in [0.1, 0.15) is 10.4 Å². The van der Waals surface area contributed by atoms with Gasteiger partial charge in [-0.05, 0) is 36.4 Å². The highest BCUT2D eigenvalue weighted by Gasteiger charge is 2.15. The van der Waals surface area contributed by atoms with E-state index in [-0.39, 0.29) is 10.5 Å². The lowest BCUT2D eigenvalue weighted by atomic mass is 10.2. The van der Waals surface area contributed by atoms with Gasteiger partial charge in [-0.25, -0.2) is 13.2 Å². The van der Waals surface area contributed by atoms with Crippen LogP contribution in [0.2, 0.25) is 0 Å². The third kappa shape index (κ3) is 3.56. The van der Waals surface area contributed by atoms with Gasteiger partial charge in [-0.1, -0.05) is 6.07 Å². The summed E-state index contributed by atoms with van der Waals surface area (Å²) in [6.45, 7) is 0. The van der Waals surface area contributed by atoms with Gasteiger partial charge in [0.05, 0.1) is 30.4 Å². The van der Waals surface area contributed by atoms with Gasteiger partial charge in [0, 0.05) is 6.07 Å². The molecule has 0 aliphatic heterocycles. The summed E-state index contributed by atoms with van der Waals surface area (Å²) in [6, 6.07) is 12.0. The Morgan fingerprint density at radius 3 is 2.32 bits per heavy atom. The minimum absolute atomic E-state index is 0.0444.